The van der Waals surface area contributed by atoms with Crippen LogP contribution in [0.15, 0.2) is 125 Å². The Bertz CT molecular complexity index is 2080. The van der Waals surface area contributed by atoms with Gasteiger partial charge in [-0.2, -0.15) is 0 Å². The lowest BCUT2D eigenvalue weighted by atomic mass is 10.0. The summed E-state index contributed by atoms with van der Waals surface area (Å²) in [6.45, 7) is 0. The molecule has 0 bridgehead atoms. The van der Waals surface area contributed by atoms with Gasteiger partial charge in [-0.15, -0.1) is 0 Å². The number of fused-ring (bicyclic) bond motifs is 7. The third-order valence-electron chi connectivity index (χ3n) is 6.82. The number of para-hydroxylation sites is 2. The second-order valence-electron chi connectivity index (χ2n) is 8.77. The van der Waals surface area contributed by atoms with Crippen molar-refractivity contribution in [3.63, 3.8) is 0 Å². The number of pyridine rings is 1. The highest BCUT2D eigenvalue weighted by molar-refractivity contribution is 6.24. The van der Waals surface area contributed by atoms with Crippen LogP contribution in [0.2, 0.25) is 0 Å². The SMILES string of the molecule is O=c1c2ccccc2c2c(ccc3c4cnccc4n(-c4ccccc4)c32)c(=O)n1-c1ccccc1. The first-order valence-corrected chi connectivity index (χ1v) is 11.7. The van der Waals surface area contributed by atoms with Crippen molar-refractivity contribution in [3.05, 3.63) is 136 Å². The van der Waals surface area contributed by atoms with Crippen molar-refractivity contribution in [2.45, 2.75) is 0 Å². The zero-order valence-corrected chi connectivity index (χ0v) is 19.1. The summed E-state index contributed by atoms with van der Waals surface area (Å²) >= 11 is 0. The van der Waals surface area contributed by atoms with Gasteiger partial charge in [-0.25, -0.2) is 4.57 Å². The molecule has 0 saturated heterocycles. The first kappa shape index (κ1) is 20.4. The van der Waals surface area contributed by atoms with Crippen LogP contribution in [0.3, 0.4) is 0 Å². The van der Waals surface area contributed by atoms with Gasteiger partial charge in [0.1, 0.15) is 0 Å². The summed E-state index contributed by atoms with van der Waals surface area (Å²) in [5.41, 5.74) is 2.70. The Balaban J connectivity index is 1.84. The molecule has 0 saturated carbocycles. The molecular weight excluding hydrogens is 446 g/mol. The topological polar surface area (TPSA) is 56.9 Å². The van der Waals surface area contributed by atoms with E-state index in [1.54, 1.807) is 24.4 Å². The van der Waals surface area contributed by atoms with E-state index in [1.165, 1.54) is 4.57 Å². The van der Waals surface area contributed by atoms with E-state index in [1.807, 2.05) is 91.1 Å². The Morgan fingerprint density at radius 3 is 1.81 bits per heavy atom. The lowest BCUT2D eigenvalue weighted by molar-refractivity contribution is 0.976. The largest absolute Gasteiger partial charge is 0.308 e. The Morgan fingerprint density at radius 2 is 1.08 bits per heavy atom. The average molecular weight is 466 g/mol. The van der Waals surface area contributed by atoms with E-state index in [2.05, 4.69) is 9.55 Å². The summed E-state index contributed by atoms with van der Waals surface area (Å²) in [6, 6.07) is 32.4. The normalized spacial score (nSPS) is 11.6. The molecule has 170 valence electrons. The highest BCUT2D eigenvalue weighted by atomic mass is 16.2. The third kappa shape index (κ3) is 2.80. The zero-order chi connectivity index (χ0) is 24.2. The van der Waals surface area contributed by atoms with E-state index >= 15 is 0 Å². The smallest absolute Gasteiger partial charge is 0.266 e. The number of aromatic nitrogens is 3. The number of hydrogen-bond donors (Lipinski definition) is 0. The van der Waals surface area contributed by atoms with Gasteiger partial charge in [0.15, 0.2) is 0 Å². The van der Waals surface area contributed by atoms with E-state index in [0.29, 0.717) is 16.5 Å². The lowest BCUT2D eigenvalue weighted by Gasteiger charge is -2.09. The molecule has 36 heavy (non-hydrogen) atoms. The Labute approximate surface area is 205 Å². The summed E-state index contributed by atoms with van der Waals surface area (Å²) in [5, 5.41) is 4.42. The van der Waals surface area contributed by atoms with E-state index in [9.17, 15) is 9.59 Å². The maximum atomic E-state index is 14.1. The molecule has 0 N–H and O–H groups in total. The van der Waals surface area contributed by atoms with Gasteiger partial charge in [0.05, 0.1) is 22.1 Å². The number of rotatable bonds is 2. The van der Waals surface area contributed by atoms with Gasteiger partial charge in [0, 0.05) is 39.6 Å². The predicted molar refractivity (Wildman–Crippen MR) is 145 cm³/mol. The molecule has 3 aromatic heterocycles. The van der Waals surface area contributed by atoms with Gasteiger partial charge in [0.2, 0.25) is 0 Å². The van der Waals surface area contributed by atoms with Crippen LogP contribution >= 0.6 is 0 Å². The van der Waals surface area contributed by atoms with Crippen LogP contribution in [0.25, 0.3) is 54.7 Å². The van der Waals surface area contributed by atoms with Crippen molar-refractivity contribution in [1.29, 1.82) is 0 Å². The van der Waals surface area contributed by atoms with Crippen LogP contribution in [0.4, 0.5) is 0 Å². The van der Waals surface area contributed by atoms with Crippen molar-refractivity contribution in [3.8, 4) is 11.4 Å². The van der Waals surface area contributed by atoms with E-state index in [-0.39, 0.29) is 11.1 Å². The summed E-state index contributed by atoms with van der Waals surface area (Å²) in [4.78, 5) is 32.4. The standard InChI is InChI=1S/C31H19N3O2/c35-30-24-14-8-7-13-22(24)28-25(31(36)34(30)21-11-5-2-6-12-21)16-15-23-26-19-32-18-17-27(26)33(29(23)28)20-9-3-1-4-10-20/h1-19H. The maximum Gasteiger partial charge on any atom is 0.266 e. The van der Waals surface area contributed by atoms with Gasteiger partial charge in [-0.05, 0) is 47.9 Å². The lowest BCUT2D eigenvalue weighted by Crippen LogP contribution is -2.28. The second kappa shape index (κ2) is 7.75. The minimum absolute atomic E-state index is 0.338. The number of hydrogen-bond acceptors (Lipinski definition) is 3. The fourth-order valence-corrected chi connectivity index (χ4v) is 5.28. The Morgan fingerprint density at radius 1 is 0.500 bits per heavy atom. The van der Waals surface area contributed by atoms with Crippen LogP contribution in [-0.2, 0) is 0 Å². The minimum Gasteiger partial charge on any atom is -0.308 e. The quantitative estimate of drug-likeness (QED) is 0.315. The first-order valence-electron chi connectivity index (χ1n) is 11.7. The molecular formula is C31H19N3O2. The Hall–Kier alpha value is -5.03. The molecule has 0 aliphatic carbocycles. The van der Waals surface area contributed by atoms with Crippen molar-refractivity contribution < 1.29 is 0 Å². The van der Waals surface area contributed by atoms with Gasteiger partial charge in [-0.1, -0.05) is 60.7 Å². The van der Waals surface area contributed by atoms with Crippen LogP contribution in [0, 0.1) is 0 Å². The molecule has 3 heterocycles. The minimum atomic E-state index is -0.345. The van der Waals surface area contributed by atoms with E-state index < -0.39 is 0 Å². The predicted octanol–water partition coefficient (Wildman–Crippen LogP) is 6.00. The molecule has 0 unspecified atom stereocenters. The molecule has 0 aliphatic heterocycles. The molecule has 0 amide bonds. The molecule has 0 aliphatic rings. The molecule has 0 atom stereocenters. The number of benzene rings is 4. The van der Waals surface area contributed by atoms with Gasteiger partial charge >= 0.3 is 0 Å². The van der Waals surface area contributed by atoms with Gasteiger partial charge in [0.25, 0.3) is 11.1 Å². The molecule has 5 heteroatoms. The highest BCUT2D eigenvalue weighted by Crippen LogP contribution is 2.37. The van der Waals surface area contributed by atoms with Gasteiger partial charge in [-0.3, -0.25) is 14.6 Å². The van der Waals surface area contributed by atoms with Crippen LogP contribution in [-0.4, -0.2) is 14.1 Å². The zero-order valence-electron chi connectivity index (χ0n) is 19.1. The van der Waals surface area contributed by atoms with Crippen LogP contribution in [0.1, 0.15) is 0 Å². The monoisotopic (exact) mass is 465 g/mol. The van der Waals surface area contributed by atoms with E-state index in [4.69, 9.17) is 0 Å². The maximum absolute atomic E-state index is 14.1. The highest BCUT2D eigenvalue weighted by Gasteiger charge is 2.19. The molecule has 7 aromatic rings. The van der Waals surface area contributed by atoms with Crippen LogP contribution in [0.5, 0.6) is 0 Å². The molecule has 5 nitrogen and oxygen atoms in total. The summed E-state index contributed by atoms with van der Waals surface area (Å²) in [7, 11) is 0. The van der Waals surface area contributed by atoms with E-state index in [0.717, 1.165) is 38.3 Å². The van der Waals surface area contributed by atoms with Crippen LogP contribution < -0.4 is 11.1 Å². The second-order valence-corrected chi connectivity index (χ2v) is 8.77. The van der Waals surface area contributed by atoms with Crippen molar-refractivity contribution in [2.75, 3.05) is 0 Å². The Kier molecular flexibility index (Phi) is 4.38. The summed E-state index contributed by atoms with van der Waals surface area (Å²) in [6.07, 6.45) is 3.63. The average Bonchev–Trinajstić information content (AvgIpc) is 3.23. The first-order chi connectivity index (χ1) is 17.7. The van der Waals surface area contributed by atoms with Crippen molar-refractivity contribution >= 4 is 43.4 Å². The van der Waals surface area contributed by atoms with Crippen molar-refractivity contribution in [2.24, 2.45) is 0 Å². The van der Waals surface area contributed by atoms with Gasteiger partial charge < -0.3 is 4.57 Å². The molecule has 0 fully saturated rings. The molecule has 0 radical (unpaired) electrons. The third-order valence-corrected chi connectivity index (χ3v) is 6.82. The summed E-state index contributed by atoms with van der Waals surface area (Å²) in [5.74, 6) is 0. The van der Waals surface area contributed by atoms with Crippen molar-refractivity contribution in [1.82, 2.24) is 14.1 Å². The molecule has 0 spiro atoms. The summed E-state index contributed by atoms with van der Waals surface area (Å²) < 4.78 is 3.45. The molecule has 7 rings (SSSR count). The molecule has 4 aromatic carbocycles. The fourth-order valence-electron chi connectivity index (χ4n) is 5.28. The fraction of sp³-hybridized carbons (Fsp3) is 0. The number of nitrogens with zero attached hydrogens (tertiary/aromatic N) is 3.